The van der Waals surface area contributed by atoms with Gasteiger partial charge in [0.25, 0.3) is 5.91 Å². The van der Waals surface area contributed by atoms with Gasteiger partial charge in [-0.1, -0.05) is 45.7 Å². The van der Waals surface area contributed by atoms with Crippen molar-refractivity contribution in [3.8, 4) is 5.75 Å². The number of hydrogen-bond donors (Lipinski definition) is 2. The monoisotopic (exact) mass is 451 g/mol. The number of rotatable bonds is 4. The van der Waals surface area contributed by atoms with E-state index in [2.05, 4.69) is 10.6 Å². The van der Waals surface area contributed by atoms with Crippen LogP contribution in [0.15, 0.2) is 18.2 Å². The Morgan fingerprint density at radius 3 is 2.35 bits per heavy atom. The topological polar surface area (TPSA) is 87.7 Å². The summed E-state index contributed by atoms with van der Waals surface area (Å²) < 4.78 is 5.88. The highest BCUT2D eigenvalue weighted by molar-refractivity contribution is 6.31. The third kappa shape index (κ3) is 6.12. The number of benzene rings is 1. The van der Waals surface area contributed by atoms with E-state index in [9.17, 15) is 14.4 Å². The number of ether oxygens (including phenoxy) is 1. The normalized spacial score (nSPS) is 22.0. The molecule has 0 radical (unpaired) electrons. The quantitative estimate of drug-likeness (QED) is 0.735. The summed E-state index contributed by atoms with van der Waals surface area (Å²) in [5.74, 6) is -0.866. The van der Waals surface area contributed by atoms with E-state index in [4.69, 9.17) is 16.3 Å². The summed E-state index contributed by atoms with van der Waals surface area (Å²) in [5, 5.41) is 6.13. The van der Waals surface area contributed by atoms with Crippen LogP contribution < -0.4 is 15.4 Å². The second-order valence-corrected chi connectivity index (χ2v) is 9.12. The second-order valence-electron chi connectivity index (χ2n) is 8.68. The fourth-order valence-corrected chi connectivity index (χ4v) is 3.71. The number of carbonyl (C=O) groups excluding carboxylic acids is 3. The number of nitrogens with zero attached hydrogens (tertiary/aromatic N) is 1. The molecule has 31 heavy (non-hydrogen) atoms. The molecule has 1 aliphatic heterocycles. The average Bonchev–Trinajstić information content (AvgIpc) is 2.72. The lowest BCUT2D eigenvalue weighted by Crippen LogP contribution is -2.58. The van der Waals surface area contributed by atoms with Crippen LogP contribution in [0.25, 0.3) is 0 Å². The van der Waals surface area contributed by atoms with Gasteiger partial charge >= 0.3 is 0 Å². The Labute approximate surface area is 189 Å². The minimum atomic E-state index is -0.799. The molecule has 1 aromatic carbocycles. The molecular weight excluding hydrogens is 418 g/mol. The molecule has 0 unspecified atom stereocenters. The van der Waals surface area contributed by atoms with Crippen molar-refractivity contribution in [2.45, 2.75) is 66.1 Å². The fourth-order valence-electron chi connectivity index (χ4n) is 3.54. The maximum absolute atomic E-state index is 13.3. The molecule has 172 valence electrons. The summed E-state index contributed by atoms with van der Waals surface area (Å²) >= 11 is 6.12. The van der Waals surface area contributed by atoms with Gasteiger partial charge in [-0.25, -0.2) is 0 Å². The van der Waals surface area contributed by atoms with Crippen molar-refractivity contribution in [1.29, 1.82) is 0 Å². The van der Waals surface area contributed by atoms with Crippen LogP contribution in [0.4, 0.5) is 0 Å². The standard InChI is InChI=1S/C23H34ClN3O4/c1-7-15(6)20-22(29)25-19(13(2)3)23(30)27(14(4)5)10-11-31-18-9-8-16(24)12-17(18)21(28)26-20/h8-9,12-15,19-20H,7,10-11H2,1-6H3,(H,25,29)(H,26,28)/t15-,19-,20-/m0/s1. The molecular formula is C23H34ClN3O4. The van der Waals surface area contributed by atoms with Crippen molar-refractivity contribution >= 4 is 29.3 Å². The Balaban J connectivity index is 2.52. The summed E-state index contributed by atoms with van der Waals surface area (Å²) in [4.78, 5) is 41.3. The minimum Gasteiger partial charge on any atom is -0.491 e. The first-order chi connectivity index (χ1) is 14.6. The molecule has 3 amide bonds. The Morgan fingerprint density at radius 1 is 1.10 bits per heavy atom. The Hall–Kier alpha value is -2.28. The highest BCUT2D eigenvalue weighted by Crippen LogP contribution is 2.24. The van der Waals surface area contributed by atoms with Gasteiger partial charge in [0.2, 0.25) is 11.8 Å². The SMILES string of the molecule is CC[C@H](C)[C@@H]1NC(=O)c2cc(Cl)ccc2OCCN(C(C)C)C(=O)[C@H](C(C)C)NC1=O. The smallest absolute Gasteiger partial charge is 0.255 e. The molecule has 3 atom stereocenters. The number of amides is 3. The van der Waals surface area contributed by atoms with Gasteiger partial charge in [0.05, 0.1) is 12.1 Å². The molecule has 8 heteroatoms. The summed E-state index contributed by atoms with van der Waals surface area (Å²) in [7, 11) is 0. The zero-order valence-electron chi connectivity index (χ0n) is 19.2. The lowest BCUT2D eigenvalue weighted by atomic mass is 9.95. The van der Waals surface area contributed by atoms with Gasteiger partial charge in [-0.15, -0.1) is 0 Å². The van der Waals surface area contributed by atoms with E-state index in [0.717, 1.165) is 0 Å². The van der Waals surface area contributed by atoms with E-state index in [1.807, 2.05) is 41.5 Å². The van der Waals surface area contributed by atoms with Crippen LogP contribution in [-0.2, 0) is 9.59 Å². The van der Waals surface area contributed by atoms with Crippen molar-refractivity contribution in [2.24, 2.45) is 11.8 Å². The largest absolute Gasteiger partial charge is 0.491 e. The molecule has 1 aromatic rings. The first-order valence-electron chi connectivity index (χ1n) is 10.9. The number of halogens is 1. The van der Waals surface area contributed by atoms with Crippen molar-refractivity contribution in [2.75, 3.05) is 13.2 Å². The van der Waals surface area contributed by atoms with E-state index >= 15 is 0 Å². The van der Waals surface area contributed by atoms with Gasteiger partial charge in [0.15, 0.2) is 0 Å². The molecule has 0 aliphatic carbocycles. The van der Waals surface area contributed by atoms with Gasteiger partial charge in [-0.05, 0) is 43.9 Å². The van der Waals surface area contributed by atoms with Gasteiger partial charge in [0, 0.05) is 11.1 Å². The molecule has 1 aliphatic rings. The van der Waals surface area contributed by atoms with Crippen LogP contribution in [0, 0.1) is 11.8 Å². The Bertz CT molecular complexity index is 812. The van der Waals surface area contributed by atoms with Crippen LogP contribution in [0.1, 0.15) is 58.3 Å². The molecule has 0 fully saturated rings. The first-order valence-corrected chi connectivity index (χ1v) is 11.3. The molecule has 7 nitrogen and oxygen atoms in total. The summed E-state index contributed by atoms with van der Waals surface area (Å²) in [6, 6.07) is 3.23. The Morgan fingerprint density at radius 2 is 1.77 bits per heavy atom. The third-order valence-electron chi connectivity index (χ3n) is 5.69. The summed E-state index contributed by atoms with van der Waals surface area (Å²) in [6.45, 7) is 12.0. The van der Waals surface area contributed by atoms with Crippen molar-refractivity contribution < 1.29 is 19.1 Å². The van der Waals surface area contributed by atoms with E-state index < -0.39 is 18.0 Å². The zero-order chi connectivity index (χ0) is 23.3. The molecule has 0 bridgehead atoms. The highest BCUT2D eigenvalue weighted by atomic mass is 35.5. The first kappa shape index (κ1) is 25.0. The minimum absolute atomic E-state index is 0.0748. The van der Waals surface area contributed by atoms with Crippen molar-refractivity contribution in [1.82, 2.24) is 15.5 Å². The zero-order valence-corrected chi connectivity index (χ0v) is 20.0. The van der Waals surface area contributed by atoms with E-state index in [-0.39, 0.29) is 41.9 Å². The predicted octanol–water partition coefficient (Wildman–Crippen LogP) is 3.25. The number of carbonyl (C=O) groups is 3. The number of nitrogens with one attached hydrogen (secondary N) is 2. The van der Waals surface area contributed by atoms with Crippen LogP contribution in [0.5, 0.6) is 5.75 Å². The van der Waals surface area contributed by atoms with Crippen LogP contribution >= 0.6 is 11.6 Å². The molecule has 2 N–H and O–H groups in total. The lowest BCUT2D eigenvalue weighted by molar-refractivity contribution is -0.140. The molecule has 0 spiro atoms. The van der Waals surface area contributed by atoms with E-state index in [1.54, 1.807) is 17.0 Å². The van der Waals surface area contributed by atoms with Gasteiger partial charge < -0.3 is 20.3 Å². The second kappa shape index (κ2) is 10.8. The number of fused-ring (bicyclic) bond motifs is 1. The highest BCUT2D eigenvalue weighted by Gasteiger charge is 2.34. The molecule has 0 saturated carbocycles. The average molecular weight is 452 g/mol. The van der Waals surface area contributed by atoms with E-state index in [1.165, 1.54) is 6.07 Å². The van der Waals surface area contributed by atoms with Gasteiger partial charge in [-0.2, -0.15) is 0 Å². The third-order valence-corrected chi connectivity index (χ3v) is 5.93. The van der Waals surface area contributed by atoms with Crippen LogP contribution in [0.2, 0.25) is 5.02 Å². The summed E-state index contributed by atoms with van der Waals surface area (Å²) in [5.41, 5.74) is 0.260. The van der Waals surface area contributed by atoms with Crippen LogP contribution in [-0.4, -0.2) is 53.9 Å². The van der Waals surface area contributed by atoms with Gasteiger partial charge in [0.1, 0.15) is 24.4 Å². The molecule has 1 heterocycles. The predicted molar refractivity (Wildman–Crippen MR) is 121 cm³/mol. The van der Waals surface area contributed by atoms with Crippen molar-refractivity contribution in [3.63, 3.8) is 0 Å². The molecule has 0 saturated heterocycles. The molecule has 0 aromatic heterocycles. The maximum Gasteiger partial charge on any atom is 0.255 e. The molecule has 2 rings (SSSR count). The van der Waals surface area contributed by atoms with Crippen molar-refractivity contribution in [3.05, 3.63) is 28.8 Å². The maximum atomic E-state index is 13.3. The number of hydrogen-bond acceptors (Lipinski definition) is 4. The van der Waals surface area contributed by atoms with Crippen LogP contribution in [0.3, 0.4) is 0 Å². The summed E-state index contributed by atoms with van der Waals surface area (Å²) in [6.07, 6.45) is 0.676. The van der Waals surface area contributed by atoms with E-state index in [0.29, 0.717) is 23.7 Å². The Kier molecular flexibility index (Phi) is 8.74. The van der Waals surface area contributed by atoms with Gasteiger partial charge in [-0.3, -0.25) is 14.4 Å². The fraction of sp³-hybridized carbons (Fsp3) is 0.609. The lowest BCUT2D eigenvalue weighted by Gasteiger charge is -2.33.